The second-order valence-electron chi connectivity index (χ2n) is 7.90. The lowest BCUT2D eigenvalue weighted by molar-refractivity contribution is 0.160. The standard InChI is InChI=1S/C20H31N3O4S/c1-27-15-13-20(22-28(25,26)18-10-6-3-7-11-18)12-14-23(16-20)19(24)21-17-8-4-2-5-9-17/h3,6-7,10-11,17,22H,2,4-5,8-9,12-16H2,1H3,(H,21,24). The van der Waals surface area contributed by atoms with E-state index in [4.69, 9.17) is 4.74 Å². The molecule has 1 aliphatic heterocycles. The molecule has 0 aromatic heterocycles. The average molecular weight is 410 g/mol. The van der Waals surface area contributed by atoms with Crippen molar-refractivity contribution >= 4 is 16.1 Å². The number of carbonyl (C=O) groups is 1. The van der Waals surface area contributed by atoms with Gasteiger partial charge in [-0.05, 0) is 37.8 Å². The van der Waals surface area contributed by atoms with Crippen LogP contribution in [0.25, 0.3) is 0 Å². The predicted molar refractivity (Wildman–Crippen MR) is 108 cm³/mol. The van der Waals surface area contributed by atoms with Crippen LogP contribution in [0.15, 0.2) is 35.2 Å². The van der Waals surface area contributed by atoms with Crippen molar-refractivity contribution in [2.24, 2.45) is 0 Å². The van der Waals surface area contributed by atoms with Crippen LogP contribution in [0.2, 0.25) is 0 Å². The van der Waals surface area contributed by atoms with E-state index in [2.05, 4.69) is 10.0 Å². The van der Waals surface area contributed by atoms with Gasteiger partial charge in [0.2, 0.25) is 10.0 Å². The summed E-state index contributed by atoms with van der Waals surface area (Å²) in [5.74, 6) is 0. The molecular formula is C20H31N3O4S. The van der Waals surface area contributed by atoms with Gasteiger partial charge in [0, 0.05) is 32.8 Å². The summed E-state index contributed by atoms with van der Waals surface area (Å²) in [6, 6.07) is 8.49. The third kappa shape index (κ3) is 5.24. The van der Waals surface area contributed by atoms with E-state index >= 15 is 0 Å². The summed E-state index contributed by atoms with van der Waals surface area (Å²) >= 11 is 0. The van der Waals surface area contributed by atoms with Crippen LogP contribution in [0.3, 0.4) is 0 Å². The fourth-order valence-corrected chi connectivity index (χ4v) is 5.61. The van der Waals surface area contributed by atoms with E-state index in [0.717, 1.165) is 25.7 Å². The van der Waals surface area contributed by atoms with Gasteiger partial charge in [0.15, 0.2) is 0 Å². The maximum atomic E-state index is 12.9. The fraction of sp³-hybridized carbons (Fsp3) is 0.650. The smallest absolute Gasteiger partial charge is 0.317 e. The SMILES string of the molecule is COCCC1(NS(=O)(=O)c2ccccc2)CCN(C(=O)NC2CCCCC2)C1. The Labute approximate surface area is 167 Å². The second-order valence-corrected chi connectivity index (χ2v) is 9.58. The number of amides is 2. The summed E-state index contributed by atoms with van der Waals surface area (Å²) < 4.78 is 33.8. The number of hydrogen-bond donors (Lipinski definition) is 2. The number of nitrogens with zero attached hydrogens (tertiary/aromatic N) is 1. The van der Waals surface area contributed by atoms with Crippen LogP contribution in [0, 0.1) is 0 Å². The molecular weight excluding hydrogens is 378 g/mol. The first kappa shape index (κ1) is 21.1. The highest BCUT2D eigenvalue weighted by atomic mass is 32.2. The topological polar surface area (TPSA) is 87.7 Å². The number of urea groups is 1. The predicted octanol–water partition coefficient (Wildman–Crippen LogP) is 2.49. The summed E-state index contributed by atoms with van der Waals surface area (Å²) in [6.07, 6.45) is 6.67. The highest BCUT2D eigenvalue weighted by molar-refractivity contribution is 7.89. The molecule has 2 N–H and O–H groups in total. The van der Waals surface area contributed by atoms with Crippen molar-refractivity contribution in [1.29, 1.82) is 0 Å². The van der Waals surface area contributed by atoms with Crippen molar-refractivity contribution in [2.45, 2.75) is 61.4 Å². The Hall–Kier alpha value is -1.64. The second kappa shape index (κ2) is 9.24. The van der Waals surface area contributed by atoms with Crippen LogP contribution >= 0.6 is 0 Å². The van der Waals surface area contributed by atoms with Crippen molar-refractivity contribution in [2.75, 3.05) is 26.8 Å². The lowest BCUT2D eigenvalue weighted by atomic mass is 9.95. The van der Waals surface area contributed by atoms with Gasteiger partial charge in [-0.3, -0.25) is 0 Å². The van der Waals surface area contributed by atoms with Gasteiger partial charge in [-0.2, -0.15) is 0 Å². The van der Waals surface area contributed by atoms with Crippen LogP contribution < -0.4 is 10.0 Å². The Kier molecular flexibility index (Phi) is 6.95. The number of carbonyl (C=O) groups excluding carboxylic acids is 1. The van der Waals surface area contributed by atoms with E-state index in [1.807, 2.05) is 0 Å². The molecule has 1 heterocycles. The van der Waals surface area contributed by atoms with Crippen molar-refractivity contribution in [3.8, 4) is 0 Å². The fourth-order valence-electron chi connectivity index (χ4n) is 4.14. The van der Waals surface area contributed by atoms with Gasteiger partial charge in [-0.25, -0.2) is 17.9 Å². The minimum atomic E-state index is -3.67. The number of benzene rings is 1. The molecule has 1 saturated carbocycles. The quantitative estimate of drug-likeness (QED) is 0.724. The van der Waals surface area contributed by atoms with E-state index in [1.54, 1.807) is 42.3 Å². The Morgan fingerprint density at radius 1 is 1.21 bits per heavy atom. The van der Waals surface area contributed by atoms with E-state index in [-0.39, 0.29) is 17.0 Å². The summed E-state index contributed by atoms with van der Waals surface area (Å²) in [5.41, 5.74) is -0.714. The monoisotopic (exact) mass is 409 g/mol. The third-order valence-electron chi connectivity index (χ3n) is 5.76. The summed E-state index contributed by atoms with van der Waals surface area (Å²) in [4.78, 5) is 14.7. The number of hydrogen-bond acceptors (Lipinski definition) is 4. The number of methoxy groups -OCH3 is 1. The zero-order valence-electron chi connectivity index (χ0n) is 16.5. The van der Waals surface area contributed by atoms with Gasteiger partial charge < -0.3 is 15.0 Å². The molecule has 1 unspecified atom stereocenters. The summed E-state index contributed by atoms with van der Waals surface area (Å²) in [6.45, 7) is 1.30. The van der Waals surface area contributed by atoms with Crippen molar-refractivity contribution < 1.29 is 17.9 Å². The van der Waals surface area contributed by atoms with E-state index in [0.29, 0.717) is 32.5 Å². The zero-order valence-corrected chi connectivity index (χ0v) is 17.3. The van der Waals surface area contributed by atoms with E-state index in [9.17, 15) is 13.2 Å². The zero-order chi connectivity index (χ0) is 20.0. The maximum Gasteiger partial charge on any atom is 0.317 e. The molecule has 2 amide bonds. The first-order chi connectivity index (χ1) is 13.4. The number of rotatable bonds is 7. The number of nitrogens with one attached hydrogen (secondary N) is 2. The molecule has 3 rings (SSSR count). The summed E-state index contributed by atoms with van der Waals surface area (Å²) in [7, 11) is -2.07. The lowest BCUT2D eigenvalue weighted by Gasteiger charge is -2.31. The number of ether oxygens (including phenoxy) is 1. The van der Waals surface area contributed by atoms with Crippen LogP contribution in [0.4, 0.5) is 4.79 Å². The van der Waals surface area contributed by atoms with Crippen molar-refractivity contribution in [3.05, 3.63) is 30.3 Å². The molecule has 0 bridgehead atoms. The van der Waals surface area contributed by atoms with E-state index < -0.39 is 15.6 Å². The van der Waals surface area contributed by atoms with Gasteiger partial charge in [-0.15, -0.1) is 0 Å². The van der Waals surface area contributed by atoms with E-state index in [1.165, 1.54) is 6.42 Å². The Bertz CT molecular complexity index is 750. The van der Waals surface area contributed by atoms with Crippen LogP contribution in [0.1, 0.15) is 44.9 Å². The molecule has 8 heteroatoms. The van der Waals surface area contributed by atoms with Crippen LogP contribution in [0.5, 0.6) is 0 Å². The average Bonchev–Trinajstić information content (AvgIpc) is 3.11. The molecule has 2 fully saturated rings. The minimum absolute atomic E-state index is 0.0925. The molecule has 1 aliphatic carbocycles. The first-order valence-electron chi connectivity index (χ1n) is 10.1. The molecule has 28 heavy (non-hydrogen) atoms. The molecule has 0 radical (unpaired) electrons. The molecule has 1 aromatic carbocycles. The Morgan fingerprint density at radius 2 is 1.93 bits per heavy atom. The van der Waals surface area contributed by atoms with Gasteiger partial charge in [0.05, 0.1) is 10.4 Å². The van der Waals surface area contributed by atoms with Crippen molar-refractivity contribution in [1.82, 2.24) is 14.9 Å². The Morgan fingerprint density at radius 3 is 2.61 bits per heavy atom. The molecule has 2 aliphatic rings. The lowest BCUT2D eigenvalue weighted by Crippen LogP contribution is -2.53. The first-order valence-corrected chi connectivity index (χ1v) is 11.6. The number of sulfonamides is 1. The number of likely N-dealkylation sites (tertiary alicyclic amines) is 1. The highest BCUT2D eigenvalue weighted by Crippen LogP contribution is 2.28. The maximum absolute atomic E-state index is 12.9. The summed E-state index contributed by atoms with van der Waals surface area (Å²) in [5, 5.41) is 3.13. The van der Waals surface area contributed by atoms with Gasteiger partial charge >= 0.3 is 6.03 Å². The van der Waals surface area contributed by atoms with Gasteiger partial charge in [0.25, 0.3) is 0 Å². The Balaban J connectivity index is 1.69. The molecule has 156 valence electrons. The van der Waals surface area contributed by atoms with Crippen LogP contribution in [-0.2, 0) is 14.8 Å². The largest absolute Gasteiger partial charge is 0.385 e. The van der Waals surface area contributed by atoms with Gasteiger partial charge in [0.1, 0.15) is 0 Å². The minimum Gasteiger partial charge on any atom is -0.385 e. The molecule has 1 atom stereocenters. The molecule has 1 saturated heterocycles. The third-order valence-corrected chi connectivity index (χ3v) is 7.36. The highest BCUT2D eigenvalue weighted by Gasteiger charge is 2.43. The van der Waals surface area contributed by atoms with Crippen molar-refractivity contribution in [3.63, 3.8) is 0 Å². The molecule has 7 nitrogen and oxygen atoms in total. The molecule has 1 aromatic rings. The van der Waals surface area contributed by atoms with Gasteiger partial charge in [-0.1, -0.05) is 37.5 Å². The normalized spacial score (nSPS) is 23.7. The van der Waals surface area contributed by atoms with Crippen LogP contribution in [-0.4, -0.2) is 57.7 Å². The molecule has 0 spiro atoms.